The van der Waals surface area contributed by atoms with Crippen LogP contribution < -0.4 is 9.21 Å². The van der Waals surface area contributed by atoms with Crippen LogP contribution in [0, 0.1) is 6.92 Å². The van der Waals surface area contributed by atoms with Crippen molar-refractivity contribution in [3.8, 4) is 0 Å². The average molecular weight is 525 g/mol. The Bertz CT molecular complexity index is 1600. The molecule has 1 heterocycles. The predicted molar refractivity (Wildman–Crippen MR) is 153 cm³/mol. The SMILES string of the molecule is Cc1ccc(S(=O)(=O)N(c2n[nH]c3c2C=CC(c2ccccc2)(c2cccc(N(C)C)c2)C3)C2CC2)cc1. The van der Waals surface area contributed by atoms with E-state index in [4.69, 9.17) is 0 Å². The van der Waals surface area contributed by atoms with E-state index in [-0.39, 0.29) is 6.04 Å². The molecular formula is C31H32N4O2S. The molecule has 38 heavy (non-hydrogen) atoms. The summed E-state index contributed by atoms with van der Waals surface area (Å²) < 4.78 is 29.2. The Labute approximate surface area is 224 Å². The van der Waals surface area contributed by atoms with Crippen LogP contribution in [0.1, 0.15) is 40.8 Å². The van der Waals surface area contributed by atoms with E-state index in [1.54, 1.807) is 16.4 Å². The highest BCUT2D eigenvalue weighted by Gasteiger charge is 2.43. The van der Waals surface area contributed by atoms with Crippen LogP contribution in [0.3, 0.4) is 0 Å². The molecule has 0 aliphatic heterocycles. The summed E-state index contributed by atoms with van der Waals surface area (Å²) in [6.07, 6.45) is 6.61. The molecule has 7 heteroatoms. The van der Waals surface area contributed by atoms with Gasteiger partial charge in [0.05, 0.1) is 4.90 Å². The maximum atomic E-state index is 13.8. The van der Waals surface area contributed by atoms with Crippen molar-refractivity contribution < 1.29 is 8.42 Å². The minimum Gasteiger partial charge on any atom is -0.378 e. The van der Waals surface area contributed by atoms with Crippen molar-refractivity contribution in [3.05, 3.63) is 113 Å². The Morgan fingerprint density at radius 2 is 1.63 bits per heavy atom. The third-order valence-corrected chi connectivity index (χ3v) is 9.54. The number of nitrogens with one attached hydrogen (secondary N) is 1. The molecule has 1 fully saturated rings. The highest BCUT2D eigenvalue weighted by atomic mass is 32.2. The number of fused-ring (bicyclic) bond motifs is 1. The van der Waals surface area contributed by atoms with Crippen LogP contribution in [-0.4, -0.2) is 38.8 Å². The van der Waals surface area contributed by atoms with E-state index >= 15 is 0 Å². The van der Waals surface area contributed by atoms with Gasteiger partial charge in [0.25, 0.3) is 10.0 Å². The van der Waals surface area contributed by atoms with E-state index < -0.39 is 15.4 Å². The molecule has 6 rings (SSSR count). The predicted octanol–water partition coefficient (Wildman–Crippen LogP) is 5.70. The maximum Gasteiger partial charge on any atom is 0.265 e. The van der Waals surface area contributed by atoms with E-state index in [9.17, 15) is 8.42 Å². The molecule has 6 nitrogen and oxygen atoms in total. The lowest BCUT2D eigenvalue weighted by molar-refractivity contribution is 0.589. The zero-order valence-electron chi connectivity index (χ0n) is 21.9. The van der Waals surface area contributed by atoms with Crippen molar-refractivity contribution in [2.24, 2.45) is 0 Å². The van der Waals surface area contributed by atoms with E-state index in [1.807, 2.05) is 39.2 Å². The molecule has 1 aromatic heterocycles. The number of benzene rings is 3. The number of allylic oxidation sites excluding steroid dienone is 1. The average Bonchev–Trinajstić information content (AvgIpc) is 3.68. The number of hydrogen-bond donors (Lipinski definition) is 1. The van der Waals surface area contributed by atoms with Crippen molar-refractivity contribution in [1.29, 1.82) is 0 Å². The molecule has 0 saturated heterocycles. The van der Waals surface area contributed by atoms with Crippen LogP contribution >= 0.6 is 0 Å². The monoisotopic (exact) mass is 524 g/mol. The summed E-state index contributed by atoms with van der Waals surface area (Å²) in [5.74, 6) is 0.489. The number of hydrogen-bond acceptors (Lipinski definition) is 4. The molecule has 1 saturated carbocycles. The van der Waals surface area contributed by atoms with Crippen LogP contribution in [0.25, 0.3) is 6.08 Å². The summed E-state index contributed by atoms with van der Waals surface area (Å²) in [6.45, 7) is 1.96. The molecular weight excluding hydrogens is 492 g/mol. The second-order valence-electron chi connectivity index (χ2n) is 10.6. The van der Waals surface area contributed by atoms with Gasteiger partial charge in [-0.05, 0) is 55.2 Å². The summed E-state index contributed by atoms with van der Waals surface area (Å²) in [5, 5.41) is 7.87. The van der Waals surface area contributed by atoms with Gasteiger partial charge in [0.1, 0.15) is 0 Å². The number of aromatic nitrogens is 2. The Kier molecular flexibility index (Phi) is 5.91. The second-order valence-corrected chi connectivity index (χ2v) is 12.4. The lowest BCUT2D eigenvalue weighted by Gasteiger charge is -2.35. The number of H-pyrrole nitrogens is 1. The minimum atomic E-state index is -3.75. The molecule has 0 spiro atoms. The van der Waals surface area contributed by atoms with Crippen molar-refractivity contribution in [3.63, 3.8) is 0 Å². The van der Waals surface area contributed by atoms with Gasteiger partial charge in [-0.25, -0.2) is 12.7 Å². The molecule has 2 aliphatic rings. The number of anilines is 2. The summed E-state index contributed by atoms with van der Waals surface area (Å²) >= 11 is 0. The molecule has 194 valence electrons. The van der Waals surface area contributed by atoms with Crippen molar-refractivity contribution in [2.45, 2.75) is 42.5 Å². The van der Waals surface area contributed by atoms with E-state index in [0.29, 0.717) is 17.1 Å². The van der Waals surface area contributed by atoms with Gasteiger partial charge < -0.3 is 4.90 Å². The Morgan fingerprint density at radius 1 is 0.921 bits per heavy atom. The number of nitrogens with zero attached hydrogens (tertiary/aromatic N) is 3. The molecule has 1 N–H and O–H groups in total. The molecule has 0 bridgehead atoms. The number of sulfonamides is 1. The number of rotatable bonds is 7. The van der Waals surface area contributed by atoms with E-state index in [1.165, 1.54) is 11.1 Å². The normalized spacial score (nSPS) is 18.7. The highest BCUT2D eigenvalue weighted by Crippen LogP contribution is 2.45. The van der Waals surface area contributed by atoms with E-state index in [0.717, 1.165) is 35.3 Å². The zero-order valence-corrected chi connectivity index (χ0v) is 22.7. The first kappa shape index (κ1) is 24.5. The summed E-state index contributed by atoms with van der Waals surface area (Å²) in [6, 6.07) is 26.1. The van der Waals surface area contributed by atoms with Gasteiger partial charge in [-0.3, -0.25) is 5.10 Å². The standard InChI is InChI=1S/C31H32N4O2S/c1-22-12-16-27(17-13-22)38(36,37)35(25-14-15-25)30-28-18-19-31(21-29(28)32-33-30,23-8-5-4-6-9-23)24-10-7-11-26(20-24)34(2)3/h4-13,16-20,25H,14-15,21H2,1-3H3,(H,32,33). The lowest BCUT2D eigenvalue weighted by Crippen LogP contribution is -2.34. The van der Waals surface area contributed by atoms with Crippen molar-refractivity contribution >= 4 is 27.6 Å². The van der Waals surface area contributed by atoms with Gasteiger partial charge in [-0.15, -0.1) is 0 Å². The molecule has 4 aromatic rings. The molecule has 0 radical (unpaired) electrons. The quantitative estimate of drug-likeness (QED) is 0.337. The fourth-order valence-electron chi connectivity index (χ4n) is 5.39. The first-order chi connectivity index (χ1) is 18.3. The van der Waals surface area contributed by atoms with Crippen molar-refractivity contribution in [2.75, 3.05) is 23.3 Å². The number of aromatic amines is 1. The molecule has 1 unspecified atom stereocenters. The smallest absolute Gasteiger partial charge is 0.265 e. The lowest BCUT2D eigenvalue weighted by atomic mass is 9.68. The molecule has 2 aliphatic carbocycles. The van der Waals surface area contributed by atoms with Gasteiger partial charge >= 0.3 is 0 Å². The Morgan fingerprint density at radius 3 is 2.32 bits per heavy atom. The highest BCUT2D eigenvalue weighted by molar-refractivity contribution is 7.92. The van der Waals surface area contributed by atoms with Crippen molar-refractivity contribution in [1.82, 2.24) is 10.2 Å². The third kappa shape index (κ3) is 4.11. The largest absolute Gasteiger partial charge is 0.378 e. The van der Waals surface area contributed by atoms with Gasteiger partial charge in [0.2, 0.25) is 0 Å². The summed E-state index contributed by atoms with van der Waals surface area (Å²) in [7, 11) is 0.346. The molecule has 0 amide bonds. The van der Waals surface area contributed by atoms with Crippen LogP contribution in [0.15, 0.2) is 89.8 Å². The molecule has 1 atom stereocenters. The summed E-state index contributed by atoms with van der Waals surface area (Å²) in [5.41, 5.74) is 5.89. The minimum absolute atomic E-state index is 0.0697. The van der Waals surface area contributed by atoms with Gasteiger partial charge in [-0.2, -0.15) is 5.10 Å². The van der Waals surface area contributed by atoms with Crippen LogP contribution in [0.5, 0.6) is 0 Å². The van der Waals surface area contributed by atoms with Gasteiger partial charge in [-0.1, -0.05) is 72.3 Å². The van der Waals surface area contributed by atoms with Gasteiger partial charge in [0, 0.05) is 48.9 Å². The fraction of sp³-hybridized carbons (Fsp3) is 0.258. The first-order valence-electron chi connectivity index (χ1n) is 13.0. The fourth-order valence-corrected chi connectivity index (χ4v) is 7.07. The van der Waals surface area contributed by atoms with E-state index in [2.05, 4.69) is 75.8 Å². The number of aryl methyl sites for hydroxylation is 1. The van der Waals surface area contributed by atoms with Crippen LogP contribution in [0.4, 0.5) is 11.5 Å². The second kappa shape index (κ2) is 9.17. The van der Waals surface area contributed by atoms with Crippen LogP contribution in [-0.2, 0) is 21.9 Å². The third-order valence-electron chi connectivity index (χ3n) is 7.68. The first-order valence-corrected chi connectivity index (χ1v) is 14.4. The zero-order chi connectivity index (χ0) is 26.5. The summed E-state index contributed by atoms with van der Waals surface area (Å²) in [4.78, 5) is 2.41. The van der Waals surface area contributed by atoms with Crippen LogP contribution in [0.2, 0.25) is 0 Å². The topological polar surface area (TPSA) is 69.3 Å². The van der Waals surface area contributed by atoms with Gasteiger partial charge in [0.15, 0.2) is 5.82 Å². The Balaban J connectivity index is 1.46. The molecule has 3 aromatic carbocycles. The Hall–Kier alpha value is -3.84. The maximum absolute atomic E-state index is 13.8.